The Balaban J connectivity index is 2.36. The Labute approximate surface area is 108 Å². The minimum atomic E-state index is -1.02. The Morgan fingerprint density at radius 2 is 2.21 bits per heavy atom. The summed E-state index contributed by atoms with van der Waals surface area (Å²) in [7, 11) is 1.38. The fraction of sp³-hybridized carbons (Fsp3) is 0.154. The van der Waals surface area contributed by atoms with Gasteiger partial charge in [-0.25, -0.2) is 14.4 Å². The summed E-state index contributed by atoms with van der Waals surface area (Å²) in [6, 6.07) is 6.01. The summed E-state index contributed by atoms with van der Waals surface area (Å²) >= 11 is 0. The van der Waals surface area contributed by atoms with E-state index in [1.165, 1.54) is 25.4 Å². The maximum absolute atomic E-state index is 13.6. The second-order valence-corrected chi connectivity index (χ2v) is 3.78. The molecule has 0 aliphatic rings. The van der Waals surface area contributed by atoms with Gasteiger partial charge in [0.1, 0.15) is 12.2 Å². The molecule has 2 rings (SSSR count). The third kappa shape index (κ3) is 3.04. The zero-order valence-electron chi connectivity index (χ0n) is 10.1. The van der Waals surface area contributed by atoms with Gasteiger partial charge in [-0.1, -0.05) is 0 Å². The fourth-order valence-electron chi connectivity index (χ4n) is 1.61. The Morgan fingerprint density at radius 3 is 2.84 bits per heavy atom. The van der Waals surface area contributed by atoms with Gasteiger partial charge in [-0.15, -0.1) is 0 Å². The minimum absolute atomic E-state index is 0.142. The van der Waals surface area contributed by atoms with Crippen molar-refractivity contribution in [1.82, 2.24) is 9.97 Å². The largest absolute Gasteiger partial charge is 0.494 e. The summed E-state index contributed by atoms with van der Waals surface area (Å²) in [4.78, 5) is 18.5. The summed E-state index contributed by atoms with van der Waals surface area (Å²) in [6.45, 7) is 0. The van der Waals surface area contributed by atoms with Gasteiger partial charge in [-0.2, -0.15) is 0 Å². The van der Waals surface area contributed by atoms with Crippen molar-refractivity contribution in [2.45, 2.75) is 6.42 Å². The van der Waals surface area contributed by atoms with E-state index in [2.05, 4.69) is 9.97 Å². The lowest BCUT2D eigenvalue weighted by atomic mass is 10.1. The summed E-state index contributed by atoms with van der Waals surface area (Å²) in [5.74, 6) is -1.19. The van der Waals surface area contributed by atoms with E-state index >= 15 is 0 Å². The normalized spacial score (nSPS) is 10.2. The molecule has 1 aromatic carbocycles. The number of carbonyl (C=O) groups is 1. The van der Waals surface area contributed by atoms with E-state index < -0.39 is 11.8 Å². The number of aliphatic carboxylic acids is 1. The first-order chi connectivity index (χ1) is 9.10. The Bertz CT molecular complexity index is 617. The van der Waals surface area contributed by atoms with E-state index in [9.17, 15) is 9.18 Å². The molecular formula is C13H11FN2O3. The van der Waals surface area contributed by atoms with Gasteiger partial charge in [0.25, 0.3) is 0 Å². The zero-order chi connectivity index (χ0) is 13.8. The number of ether oxygens (including phenoxy) is 1. The molecule has 98 valence electrons. The third-order valence-electron chi connectivity index (χ3n) is 2.46. The minimum Gasteiger partial charge on any atom is -0.494 e. The third-order valence-corrected chi connectivity index (χ3v) is 2.46. The predicted molar refractivity (Wildman–Crippen MR) is 65.3 cm³/mol. The van der Waals surface area contributed by atoms with E-state index in [-0.39, 0.29) is 18.0 Å². The number of methoxy groups -OCH3 is 1. The number of halogens is 1. The van der Waals surface area contributed by atoms with Crippen LogP contribution in [0.3, 0.4) is 0 Å². The first kappa shape index (κ1) is 12.9. The highest BCUT2D eigenvalue weighted by Gasteiger charge is 2.09. The van der Waals surface area contributed by atoms with Crippen LogP contribution in [0.2, 0.25) is 0 Å². The molecule has 0 spiro atoms. The lowest BCUT2D eigenvalue weighted by Gasteiger charge is -2.05. The molecule has 0 saturated carbocycles. The number of carboxylic acids is 1. The van der Waals surface area contributed by atoms with Crippen LogP contribution in [0, 0.1) is 5.82 Å². The lowest BCUT2D eigenvalue weighted by Crippen LogP contribution is -2.05. The average molecular weight is 262 g/mol. The van der Waals surface area contributed by atoms with Crippen LogP contribution in [0.1, 0.15) is 5.82 Å². The van der Waals surface area contributed by atoms with Gasteiger partial charge in [0.05, 0.1) is 12.8 Å². The summed E-state index contributed by atoms with van der Waals surface area (Å²) in [5.41, 5.74) is 1.00. The maximum Gasteiger partial charge on any atom is 0.311 e. The number of aromatic nitrogens is 2. The summed E-state index contributed by atoms with van der Waals surface area (Å²) in [6.07, 6.45) is 1.18. The average Bonchev–Trinajstić information content (AvgIpc) is 2.38. The predicted octanol–water partition coefficient (Wildman–Crippen LogP) is 1.92. The van der Waals surface area contributed by atoms with Crippen LogP contribution in [-0.4, -0.2) is 28.2 Å². The molecule has 0 atom stereocenters. The van der Waals surface area contributed by atoms with Gasteiger partial charge in [0.15, 0.2) is 11.6 Å². The summed E-state index contributed by atoms with van der Waals surface area (Å²) < 4.78 is 18.4. The number of hydrogen-bond donors (Lipinski definition) is 1. The second-order valence-electron chi connectivity index (χ2n) is 3.78. The fourth-order valence-corrected chi connectivity index (χ4v) is 1.61. The highest BCUT2D eigenvalue weighted by atomic mass is 19.1. The summed E-state index contributed by atoms with van der Waals surface area (Å²) in [5, 5.41) is 8.68. The van der Waals surface area contributed by atoms with Crippen molar-refractivity contribution in [3.8, 4) is 17.0 Å². The van der Waals surface area contributed by atoms with Gasteiger partial charge in [0.2, 0.25) is 0 Å². The lowest BCUT2D eigenvalue weighted by molar-refractivity contribution is -0.136. The smallest absolute Gasteiger partial charge is 0.311 e. The van der Waals surface area contributed by atoms with Crippen molar-refractivity contribution >= 4 is 5.97 Å². The number of carboxylic acid groups (broad SMARTS) is 1. The van der Waals surface area contributed by atoms with Crippen molar-refractivity contribution in [1.29, 1.82) is 0 Å². The van der Waals surface area contributed by atoms with Crippen LogP contribution in [0.15, 0.2) is 30.5 Å². The van der Waals surface area contributed by atoms with Crippen LogP contribution in [0.4, 0.5) is 4.39 Å². The number of nitrogens with zero attached hydrogens (tertiary/aromatic N) is 2. The van der Waals surface area contributed by atoms with E-state index in [1.807, 2.05) is 0 Å². The molecule has 0 aliphatic carbocycles. The van der Waals surface area contributed by atoms with Gasteiger partial charge < -0.3 is 9.84 Å². The van der Waals surface area contributed by atoms with E-state index in [0.29, 0.717) is 11.3 Å². The van der Waals surface area contributed by atoms with E-state index in [4.69, 9.17) is 9.84 Å². The number of rotatable bonds is 4. The second kappa shape index (κ2) is 5.43. The van der Waals surface area contributed by atoms with Crippen molar-refractivity contribution in [2.75, 3.05) is 7.11 Å². The van der Waals surface area contributed by atoms with Crippen LogP contribution >= 0.6 is 0 Å². The van der Waals surface area contributed by atoms with Gasteiger partial charge in [-0.3, -0.25) is 4.79 Å². The van der Waals surface area contributed by atoms with Crippen molar-refractivity contribution < 1.29 is 19.0 Å². The SMILES string of the molecule is COc1ccc(-c2ccnc(CC(=O)O)n2)cc1F. The molecule has 0 aliphatic heterocycles. The molecule has 0 amide bonds. The molecule has 1 aromatic heterocycles. The molecule has 2 aromatic rings. The molecule has 0 saturated heterocycles. The molecule has 0 radical (unpaired) electrons. The maximum atomic E-state index is 13.6. The number of hydrogen-bond acceptors (Lipinski definition) is 4. The van der Waals surface area contributed by atoms with Crippen molar-refractivity contribution in [3.63, 3.8) is 0 Å². The topological polar surface area (TPSA) is 72.3 Å². The van der Waals surface area contributed by atoms with Crippen LogP contribution in [0.25, 0.3) is 11.3 Å². The Kier molecular flexibility index (Phi) is 3.70. The first-order valence-electron chi connectivity index (χ1n) is 5.48. The van der Waals surface area contributed by atoms with Gasteiger partial charge >= 0.3 is 5.97 Å². The Morgan fingerprint density at radius 1 is 1.42 bits per heavy atom. The highest BCUT2D eigenvalue weighted by Crippen LogP contribution is 2.24. The van der Waals surface area contributed by atoms with E-state index in [1.54, 1.807) is 12.1 Å². The quantitative estimate of drug-likeness (QED) is 0.911. The van der Waals surface area contributed by atoms with Gasteiger partial charge in [-0.05, 0) is 24.3 Å². The highest BCUT2D eigenvalue weighted by molar-refractivity contribution is 5.69. The van der Waals surface area contributed by atoms with E-state index in [0.717, 1.165) is 0 Å². The first-order valence-corrected chi connectivity index (χ1v) is 5.48. The molecule has 0 unspecified atom stereocenters. The van der Waals surface area contributed by atoms with Crippen LogP contribution in [-0.2, 0) is 11.2 Å². The standard InChI is InChI=1S/C13H11FN2O3/c1-19-11-3-2-8(6-9(11)14)10-4-5-15-12(16-10)7-13(17)18/h2-6H,7H2,1H3,(H,17,18). The molecule has 0 fully saturated rings. The molecule has 6 heteroatoms. The number of benzene rings is 1. The van der Waals surface area contributed by atoms with Crippen molar-refractivity contribution in [2.24, 2.45) is 0 Å². The molecule has 1 N–H and O–H groups in total. The zero-order valence-corrected chi connectivity index (χ0v) is 10.1. The van der Waals surface area contributed by atoms with Crippen LogP contribution < -0.4 is 4.74 Å². The molecule has 19 heavy (non-hydrogen) atoms. The monoisotopic (exact) mass is 262 g/mol. The molecule has 5 nitrogen and oxygen atoms in total. The Hall–Kier alpha value is -2.50. The van der Waals surface area contributed by atoms with Crippen molar-refractivity contribution in [3.05, 3.63) is 42.1 Å². The molecule has 0 bridgehead atoms. The molecule has 1 heterocycles. The molecular weight excluding hydrogens is 251 g/mol. The van der Waals surface area contributed by atoms with Gasteiger partial charge in [0, 0.05) is 11.8 Å². The van der Waals surface area contributed by atoms with Crippen LogP contribution in [0.5, 0.6) is 5.75 Å².